The maximum Gasteiger partial charge on any atom is 0.128 e. The molecule has 2 aliphatic heterocycles. The average molecular weight is 259 g/mol. The Hall–Kier alpha value is -1.09. The topological polar surface area (TPSA) is 19.4 Å². The summed E-state index contributed by atoms with van der Waals surface area (Å²) >= 11 is 0. The summed E-state index contributed by atoms with van der Waals surface area (Å²) in [4.78, 5) is 9.61. The van der Waals surface area contributed by atoms with E-state index in [0.717, 1.165) is 0 Å². The van der Waals surface area contributed by atoms with Crippen LogP contribution in [0.1, 0.15) is 50.1 Å². The fraction of sp³-hybridized carbons (Fsp3) is 0.688. The van der Waals surface area contributed by atoms with E-state index < -0.39 is 0 Å². The van der Waals surface area contributed by atoms with E-state index in [4.69, 9.17) is 4.98 Å². The van der Waals surface area contributed by atoms with E-state index in [1.807, 2.05) is 0 Å². The van der Waals surface area contributed by atoms with Gasteiger partial charge in [-0.15, -0.1) is 0 Å². The van der Waals surface area contributed by atoms with E-state index in [-0.39, 0.29) is 0 Å². The largest absolute Gasteiger partial charge is 0.357 e. The zero-order chi connectivity index (χ0) is 13.1. The molecular formula is C16H25N3. The van der Waals surface area contributed by atoms with Crippen molar-refractivity contribution in [2.45, 2.75) is 44.6 Å². The molecule has 0 N–H and O–H groups in total. The number of rotatable bonds is 2. The van der Waals surface area contributed by atoms with Crippen LogP contribution in [0.3, 0.4) is 0 Å². The molecule has 104 valence electrons. The quantitative estimate of drug-likeness (QED) is 0.813. The molecule has 2 aliphatic rings. The average Bonchev–Trinajstić information content (AvgIpc) is 2.49. The van der Waals surface area contributed by atoms with Crippen molar-refractivity contribution in [1.29, 1.82) is 0 Å². The van der Waals surface area contributed by atoms with Crippen molar-refractivity contribution in [3.8, 4) is 0 Å². The predicted octanol–water partition coefficient (Wildman–Crippen LogP) is 3.23. The molecule has 0 bridgehead atoms. The third-order valence-electron chi connectivity index (χ3n) is 4.61. The second-order valence-electron chi connectivity index (χ2n) is 5.99. The first-order valence-electron chi connectivity index (χ1n) is 7.76. The lowest BCUT2D eigenvalue weighted by Gasteiger charge is -2.33. The van der Waals surface area contributed by atoms with E-state index >= 15 is 0 Å². The predicted molar refractivity (Wildman–Crippen MR) is 79.5 cm³/mol. The van der Waals surface area contributed by atoms with Gasteiger partial charge in [0.15, 0.2) is 0 Å². The van der Waals surface area contributed by atoms with E-state index in [9.17, 15) is 0 Å². The molecule has 3 nitrogen and oxygen atoms in total. The highest BCUT2D eigenvalue weighted by molar-refractivity contribution is 5.40. The summed E-state index contributed by atoms with van der Waals surface area (Å²) < 4.78 is 0. The number of hydrogen-bond acceptors (Lipinski definition) is 3. The van der Waals surface area contributed by atoms with Crippen molar-refractivity contribution in [2.24, 2.45) is 0 Å². The van der Waals surface area contributed by atoms with Crippen LogP contribution in [0.5, 0.6) is 0 Å². The summed E-state index contributed by atoms with van der Waals surface area (Å²) in [7, 11) is 2.24. The Balaban J connectivity index is 1.70. The number of hydrogen-bond donors (Lipinski definition) is 0. The first-order chi connectivity index (χ1) is 9.34. The molecule has 3 heterocycles. The van der Waals surface area contributed by atoms with Crippen LogP contribution in [-0.4, -0.2) is 36.6 Å². The van der Waals surface area contributed by atoms with Gasteiger partial charge in [-0.3, -0.25) is 4.90 Å². The van der Waals surface area contributed by atoms with Crippen molar-refractivity contribution in [2.75, 3.05) is 31.6 Å². The minimum absolute atomic E-state index is 0.580. The molecular weight excluding hydrogens is 234 g/mol. The van der Waals surface area contributed by atoms with E-state index in [1.54, 1.807) is 0 Å². The molecule has 3 heteroatoms. The van der Waals surface area contributed by atoms with Crippen LogP contribution >= 0.6 is 0 Å². The van der Waals surface area contributed by atoms with E-state index in [2.05, 4.69) is 35.2 Å². The van der Waals surface area contributed by atoms with Gasteiger partial charge in [0, 0.05) is 25.3 Å². The zero-order valence-electron chi connectivity index (χ0n) is 12.0. The summed E-state index contributed by atoms with van der Waals surface area (Å²) in [5.41, 5.74) is 1.39. The van der Waals surface area contributed by atoms with Crippen molar-refractivity contribution in [1.82, 2.24) is 9.88 Å². The Morgan fingerprint density at radius 3 is 2.47 bits per heavy atom. The van der Waals surface area contributed by atoms with Gasteiger partial charge in [-0.25, -0.2) is 4.98 Å². The van der Waals surface area contributed by atoms with Gasteiger partial charge in [-0.05, 0) is 57.3 Å². The summed E-state index contributed by atoms with van der Waals surface area (Å²) in [6.07, 6.45) is 10.1. The summed E-state index contributed by atoms with van der Waals surface area (Å²) in [6.45, 7) is 3.57. The number of nitrogens with zero attached hydrogens (tertiary/aromatic N) is 3. The van der Waals surface area contributed by atoms with E-state index in [1.165, 1.54) is 69.5 Å². The van der Waals surface area contributed by atoms with E-state index in [0.29, 0.717) is 6.04 Å². The number of piperidine rings is 2. The lowest BCUT2D eigenvalue weighted by Crippen LogP contribution is -2.31. The molecule has 3 rings (SSSR count). The van der Waals surface area contributed by atoms with Gasteiger partial charge >= 0.3 is 0 Å². The number of likely N-dealkylation sites (tertiary alicyclic amines) is 1. The molecule has 1 aromatic rings. The van der Waals surface area contributed by atoms with Crippen molar-refractivity contribution in [3.05, 3.63) is 23.9 Å². The Bertz CT molecular complexity index is 395. The molecule has 1 atom stereocenters. The summed E-state index contributed by atoms with van der Waals surface area (Å²) in [5.74, 6) is 1.17. The Labute approximate surface area is 116 Å². The first kappa shape index (κ1) is 12.9. The van der Waals surface area contributed by atoms with Gasteiger partial charge in [-0.2, -0.15) is 0 Å². The molecule has 1 aromatic heterocycles. The van der Waals surface area contributed by atoms with Crippen LogP contribution in [0.2, 0.25) is 0 Å². The maximum absolute atomic E-state index is 4.71. The van der Waals surface area contributed by atoms with Crippen LogP contribution in [0.15, 0.2) is 18.3 Å². The lowest BCUT2D eigenvalue weighted by atomic mass is 9.97. The zero-order valence-corrected chi connectivity index (χ0v) is 12.0. The van der Waals surface area contributed by atoms with Gasteiger partial charge in [-0.1, -0.05) is 12.5 Å². The Morgan fingerprint density at radius 1 is 1.00 bits per heavy atom. The molecule has 0 saturated carbocycles. The van der Waals surface area contributed by atoms with Gasteiger partial charge in [0.05, 0.1) is 0 Å². The summed E-state index contributed by atoms with van der Waals surface area (Å²) in [6, 6.07) is 5.10. The highest BCUT2D eigenvalue weighted by Crippen LogP contribution is 2.29. The second-order valence-corrected chi connectivity index (χ2v) is 5.99. The Morgan fingerprint density at radius 2 is 1.79 bits per heavy atom. The van der Waals surface area contributed by atoms with Crippen molar-refractivity contribution >= 4 is 5.82 Å². The number of aromatic nitrogens is 1. The molecule has 0 aliphatic carbocycles. The minimum Gasteiger partial charge on any atom is -0.357 e. The number of pyridine rings is 1. The normalized spacial score (nSPS) is 25.5. The van der Waals surface area contributed by atoms with Crippen LogP contribution in [-0.2, 0) is 0 Å². The third kappa shape index (κ3) is 2.92. The highest BCUT2D eigenvalue weighted by atomic mass is 15.2. The third-order valence-corrected chi connectivity index (χ3v) is 4.61. The molecule has 0 spiro atoms. The van der Waals surface area contributed by atoms with Crippen LogP contribution in [0, 0.1) is 0 Å². The smallest absolute Gasteiger partial charge is 0.128 e. The fourth-order valence-electron chi connectivity index (χ4n) is 3.40. The van der Waals surface area contributed by atoms with Gasteiger partial charge in [0.1, 0.15) is 5.82 Å². The fourth-order valence-corrected chi connectivity index (χ4v) is 3.40. The van der Waals surface area contributed by atoms with Gasteiger partial charge in [0.2, 0.25) is 0 Å². The monoisotopic (exact) mass is 259 g/mol. The molecule has 0 aromatic carbocycles. The van der Waals surface area contributed by atoms with Crippen molar-refractivity contribution < 1.29 is 0 Å². The van der Waals surface area contributed by atoms with Crippen LogP contribution in [0.25, 0.3) is 0 Å². The first-order valence-corrected chi connectivity index (χ1v) is 7.76. The second kappa shape index (κ2) is 5.91. The Kier molecular flexibility index (Phi) is 4.02. The SMILES string of the molecule is CN1CCCC[C@H]1c1ccc(N2CCCCC2)nc1. The molecule has 19 heavy (non-hydrogen) atoms. The highest BCUT2D eigenvalue weighted by Gasteiger charge is 2.21. The number of anilines is 1. The standard InChI is InChI=1S/C16H25N3/c1-18-10-6-3-7-15(18)14-8-9-16(17-13-14)19-11-4-2-5-12-19/h8-9,13,15H,2-7,10-12H2,1H3/t15-/m0/s1. The minimum atomic E-state index is 0.580. The van der Waals surface area contributed by atoms with Crippen LogP contribution < -0.4 is 4.90 Å². The lowest BCUT2D eigenvalue weighted by molar-refractivity contribution is 0.187. The molecule has 0 amide bonds. The summed E-state index contributed by atoms with van der Waals surface area (Å²) in [5, 5.41) is 0. The molecule has 0 radical (unpaired) electrons. The van der Waals surface area contributed by atoms with Crippen LogP contribution in [0.4, 0.5) is 5.82 Å². The van der Waals surface area contributed by atoms with Crippen molar-refractivity contribution in [3.63, 3.8) is 0 Å². The maximum atomic E-state index is 4.71. The van der Waals surface area contributed by atoms with Gasteiger partial charge in [0.25, 0.3) is 0 Å². The molecule has 2 fully saturated rings. The molecule has 2 saturated heterocycles. The molecule has 0 unspecified atom stereocenters. The van der Waals surface area contributed by atoms with Gasteiger partial charge < -0.3 is 4.90 Å².